The van der Waals surface area contributed by atoms with Gasteiger partial charge in [-0.1, -0.05) is 18.0 Å². The SMILES string of the molecule is CCS(=O)(=O)NC[C@H]1CC[C@H](Nc2nc(C3CCCC3)no2)CC1. The zero-order chi connectivity index (χ0) is 17.0. The number of hydrogen-bond donors (Lipinski definition) is 2. The van der Waals surface area contributed by atoms with Crippen molar-refractivity contribution in [3.05, 3.63) is 5.82 Å². The number of aromatic nitrogens is 2. The first kappa shape index (κ1) is 17.7. The number of hydrogen-bond acceptors (Lipinski definition) is 6. The molecule has 0 radical (unpaired) electrons. The molecule has 24 heavy (non-hydrogen) atoms. The Hall–Kier alpha value is -1.15. The van der Waals surface area contributed by atoms with Gasteiger partial charge in [0.25, 0.3) is 0 Å². The predicted octanol–water partition coefficient (Wildman–Crippen LogP) is 2.64. The first-order valence-electron chi connectivity index (χ1n) is 9.13. The van der Waals surface area contributed by atoms with Gasteiger partial charge in [0.05, 0.1) is 5.75 Å². The van der Waals surface area contributed by atoms with E-state index in [1.165, 1.54) is 12.8 Å². The minimum absolute atomic E-state index is 0.143. The standard InChI is InChI=1S/C16H28N4O3S/c1-2-24(21,22)17-11-12-7-9-14(10-8-12)18-16-19-15(20-23-16)13-5-3-4-6-13/h12-14,17H,2-11H2,1H3,(H,18,19,20)/t12-,14-. The summed E-state index contributed by atoms with van der Waals surface area (Å²) in [6.07, 6.45) is 8.86. The molecule has 7 nitrogen and oxygen atoms in total. The fraction of sp³-hybridized carbons (Fsp3) is 0.875. The van der Waals surface area contributed by atoms with Gasteiger partial charge in [-0.2, -0.15) is 4.98 Å². The molecule has 1 heterocycles. The van der Waals surface area contributed by atoms with Gasteiger partial charge in [0, 0.05) is 18.5 Å². The number of rotatable bonds is 7. The van der Waals surface area contributed by atoms with Crippen molar-refractivity contribution >= 4 is 16.0 Å². The number of nitrogens with zero attached hydrogens (tertiary/aromatic N) is 2. The molecule has 8 heteroatoms. The van der Waals surface area contributed by atoms with E-state index in [0.717, 1.165) is 44.3 Å². The lowest BCUT2D eigenvalue weighted by molar-refractivity contribution is 0.329. The summed E-state index contributed by atoms with van der Waals surface area (Å²) >= 11 is 0. The Kier molecular flexibility index (Phi) is 5.76. The molecule has 2 saturated carbocycles. The van der Waals surface area contributed by atoms with Crippen molar-refractivity contribution in [1.29, 1.82) is 0 Å². The number of sulfonamides is 1. The molecule has 0 amide bonds. The molecular formula is C16H28N4O3S. The van der Waals surface area contributed by atoms with Crippen LogP contribution in [0.2, 0.25) is 0 Å². The predicted molar refractivity (Wildman–Crippen MR) is 92.3 cm³/mol. The summed E-state index contributed by atoms with van der Waals surface area (Å²) < 4.78 is 31.1. The zero-order valence-corrected chi connectivity index (χ0v) is 15.1. The summed E-state index contributed by atoms with van der Waals surface area (Å²) in [6, 6.07) is 0.868. The van der Waals surface area contributed by atoms with Crippen molar-refractivity contribution in [2.24, 2.45) is 5.92 Å². The van der Waals surface area contributed by atoms with Gasteiger partial charge in [0.15, 0.2) is 5.82 Å². The highest BCUT2D eigenvalue weighted by Gasteiger charge is 2.25. The Morgan fingerprint density at radius 3 is 2.50 bits per heavy atom. The largest absolute Gasteiger partial charge is 0.335 e. The Morgan fingerprint density at radius 1 is 1.12 bits per heavy atom. The number of nitrogens with one attached hydrogen (secondary N) is 2. The summed E-state index contributed by atoms with van der Waals surface area (Å²) in [5, 5.41) is 7.47. The minimum Gasteiger partial charge on any atom is -0.335 e. The second-order valence-electron chi connectivity index (χ2n) is 7.05. The molecular weight excluding hydrogens is 328 g/mol. The van der Waals surface area contributed by atoms with Crippen LogP contribution in [0.5, 0.6) is 0 Å². The van der Waals surface area contributed by atoms with E-state index in [9.17, 15) is 8.42 Å². The Bertz CT molecular complexity index is 617. The monoisotopic (exact) mass is 356 g/mol. The van der Waals surface area contributed by atoms with Crippen LogP contribution in [0.3, 0.4) is 0 Å². The highest BCUT2D eigenvalue weighted by atomic mass is 32.2. The molecule has 0 spiro atoms. The molecule has 1 aromatic rings. The van der Waals surface area contributed by atoms with Crippen molar-refractivity contribution in [2.75, 3.05) is 17.6 Å². The van der Waals surface area contributed by atoms with Gasteiger partial charge in [-0.3, -0.25) is 0 Å². The number of anilines is 1. The van der Waals surface area contributed by atoms with Crippen LogP contribution in [0.15, 0.2) is 4.52 Å². The molecule has 0 saturated heterocycles. The van der Waals surface area contributed by atoms with Crippen LogP contribution >= 0.6 is 0 Å². The Balaban J connectivity index is 1.42. The first-order valence-corrected chi connectivity index (χ1v) is 10.8. The molecule has 0 unspecified atom stereocenters. The van der Waals surface area contributed by atoms with Crippen molar-refractivity contribution in [3.8, 4) is 0 Å². The van der Waals surface area contributed by atoms with E-state index in [1.807, 2.05) is 0 Å². The van der Waals surface area contributed by atoms with E-state index in [1.54, 1.807) is 6.92 Å². The lowest BCUT2D eigenvalue weighted by atomic mass is 9.86. The van der Waals surface area contributed by atoms with Crippen LogP contribution in [-0.4, -0.2) is 36.9 Å². The maximum Gasteiger partial charge on any atom is 0.321 e. The molecule has 0 aliphatic heterocycles. The van der Waals surface area contributed by atoms with E-state index >= 15 is 0 Å². The van der Waals surface area contributed by atoms with Crippen LogP contribution in [0, 0.1) is 5.92 Å². The molecule has 3 rings (SSSR count). The van der Waals surface area contributed by atoms with E-state index in [0.29, 0.717) is 30.4 Å². The van der Waals surface area contributed by atoms with Gasteiger partial charge in [0.1, 0.15) is 0 Å². The van der Waals surface area contributed by atoms with Crippen LogP contribution < -0.4 is 10.0 Å². The Labute approximate surface area is 144 Å². The molecule has 0 aromatic carbocycles. The normalized spacial score (nSPS) is 25.9. The van der Waals surface area contributed by atoms with Crippen LogP contribution in [-0.2, 0) is 10.0 Å². The van der Waals surface area contributed by atoms with Crippen molar-refractivity contribution in [2.45, 2.75) is 70.3 Å². The van der Waals surface area contributed by atoms with Gasteiger partial charge in [-0.25, -0.2) is 13.1 Å². The summed E-state index contributed by atoms with van der Waals surface area (Å²) in [5.41, 5.74) is 0. The van der Waals surface area contributed by atoms with E-state index in [2.05, 4.69) is 20.2 Å². The molecule has 0 bridgehead atoms. The Morgan fingerprint density at radius 2 is 1.83 bits per heavy atom. The maximum atomic E-state index is 11.5. The highest BCUT2D eigenvalue weighted by molar-refractivity contribution is 7.89. The van der Waals surface area contributed by atoms with Crippen LogP contribution in [0.4, 0.5) is 6.01 Å². The zero-order valence-electron chi connectivity index (χ0n) is 14.3. The van der Waals surface area contributed by atoms with Gasteiger partial charge in [-0.05, 0) is 51.4 Å². The first-order chi connectivity index (χ1) is 11.6. The summed E-state index contributed by atoms with van der Waals surface area (Å²) in [6.45, 7) is 2.21. The molecule has 0 atom stereocenters. The maximum absolute atomic E-state index is 11.5. The van der Waals surface area contributed by atoms with Crippen LogP contribution in [0.1, 0.15) is 70.0 Å². The molecule has 2 N–H and O–H groups in total. The smallest absolute Gasteiger partial charge is 0.321 e. The molecule has 2 aliphatic carbocycles. The summed E-state index contributed by atoms with van der Waals surface area (Å²) in [7, 11) is -3.09. The van der Waals surface area contributed by atoms with Crippen molar-refractivity contribution in [3.63, 3.8) is 0 Å². The summed E-state index contributed by atoms with van der Waals surface area (Å²) in [4.78, 5) is 4.50. The van der Waals surface area contributed by atoms with Gasteiger partial charge >= 0.3 is 6.01 Å². The quantitative estimate of drug-likeness (QED) is 0.779. The minimum atomic E-state index is -3.09. The third-order valence-electron chi connectivity index (χ3n) is 5.31. The summed E-state index contributed by atoms with van der Waals surface area (Å²) in [5.74, 6) is 1.87. The second-order valence-corrected chi connectivity index (χ2v) is 9.15. The highest BCUT2D eigenvalue weighted by Crippen LogP contribution is 2.33. The lowest BCUT2D eigenvalue weighted by Crippen LogP contribution is -2.34. The van der Waals surface area contributed by atoms with Crippen molar-refractivity contribution in [1.82, 2.24) is 14.9 Å². The van der Waals surface area contributed by atoms with E-state index < -0.39 is 10.0 Å². The average molecular weight is 356 g/mol. The fourth-order valence-electron chi connectivity index (χ4n) is 3.68. The van der Waals surface area contributed by atoms with Gasteiger partial charge < -0.3 is 9.84 Å². The molecule has 1 aromatic heterocycles. The van der Waals surface area contributed by atoms with Gasteiger partial charge in [-0.15, -0.1) is 0 Å². The fourth-order valence-corrected chi connectivity index (χ4v) is 4.37. The topological polar surface area (TPSA) is 97.1 Å². The van der Waals surface area contributed by atoms with E-state index in [4.69, 9.17) is 4.52 Å². The molecule has 2 fully saturated rings. The van der Waals surface area contributed by atoms with E-state index in [-0.39, 0.29) is 5.75 Å². The third-order valence-corrected chi connectivity index (χ3v) is 6.67. The molecule has 2 aliphatic rings. The third kappa shape index (κ3) is 4.69. The second kappa shape index (κ2) is 7.82. The van der Waals surface area contributed by atoms with Crippen molar-refractivity contribution < 1.29 is 12.9 Å². The van der Waals surface area contributed by atoms with Gasteiger partial charge in [0.2, 0.25) is 10.0 Å². The van der Waals surface area contributed by atoms with Crippen LogP contribution in [0.25, 0.3) is 0 Å². The molecule has 136 valence electrons. The average Bonchev–Trinajstić information content (AvgIpc) is 3.25. The lowest BCUT2D eigenvalue weighted by Gasteiger charge is -2.28.